The fraction of sp³-hybridized carbons (Fsp3) is 0.429. The number of hydrogen-bond acceptors (Lipinski definition) is 3. The summed E-state index contributed by atoms with van der Waals surface area (Å²) in [6, 6.07) is 6.98. The molecule has 4 heteroatoms. The molecular formula is C14H15NO3. The van der Waals surface area contributed by atoms with Crippen LogP contribution in [0.2, 0.25) is 0 Å². The van der Waals surface area contributed by atoms with Crippen molar-refractivity contribution < 1.29 is 14.3 Å². The minimum Gasteiger partial charge on any atom is -0.370 e. The van der Waals surface area contributed by atoms with E-state index in [0.29, 0.717) is 17.7 Å². The molecule has 2 aliphatic rings. The lowest BCUT2D eigenvalue weighted by atomic mass is 10.0. The van der Waals surface area contributed by atoms with Crippen molar-refractivity contribution in [3.8, 4) is 0 Å². The molecule has 0 bridgehead atoms. The van der Waals surface area contributed by atoms with Crippen molar-refractivity contribution in [2.45, 2.75) is 25.4 Å². The Morgan fingerprint density at radius 3 is 2.22 bits per heavy atom. The number of carbonyl (C=O) groups is 2. The zero-order valence-corrected chi connectivity index (χ0v) is 10.3. The van der Waals surface area contributed by atoms with E-state index < -0.39 is 0 Å². The topological polar surface area (TPSA) is 49.9 Å². The maximum absolute atomic E-state index is 12.1. The molecular weight excluding hydrogens is 230 g/mol. The van der Waals surface area contributed by atoms with Gasteiger partial charge in [-0.25, -0.2) is 0 Å². The molecule has 3 rings (SSSR count). The first kappa shape index (κ1) is 11.4. The molecule has 0 radical (unpaired) electrons. The molecule has 4 nitrogen and oxygen atoms in total. The fourth-order valence-corrected chi connectivity index (χ4v) is 2.39. The van der Waals surface area contributed by atoms with Crippen LogP contribution in [0.15, 0.2) is 24.3 Å². The Hall–Kier alpha value is -1.68. The Labute approximate surface area is 106 Å². The summed E-state index contributed by atoms with van der Waals surface area (Å²) in [7, 11) is 0. The van der Waals surface area contributed by atoms with Gasteiger partial charge in [0.2, 0.25) is 0 Å². The monoisotopic (exact) mass is 245 g/mol. The van der Waals surface area contributed by atoms with Gasteiger partial charge in [-0.15, -0.1) is 0 Å². The Bertz CT molecular complexity index is 485. The molecule has 0 N–H and O–H groups in total. The van der Waals surface area contributed by atoms with Gasteiger partial charge < -0.3 is 4.74 Å². The molecule has 1 atom stereocenters. The van der Waals surface area contributed by atoms with Crippen LogP contribution in [-0.2, 0) is 4.74 Å². The number of amides is 2. The molecule has 0 saturated carbocycles. The van der Waals surface area contributed by atoms with E-state index in [1.807, 2.05) is 0 Å². The van der Waals surface area contributed by atoms with E-state index in [4.69, 9.17) is 4.74 Å². The zero-order valence-electron chi connectivity index (χ0n) is 10.3. The van der Waals surface area contributed by atoms with Crippen LogP contribution in [0.1, 0.15) is 40.5 Å². The van der Waals surface area contributed by atoms with Gasteiger partial charge in [-0.3, -0.25) is 14.5 Å². The van der Waals surface area contributed by atoms with E-state index >= 15 is 0 Å². The van der Waals surface area contributed by atoms with Gasteiger partial charge in [0.1, 0.15) is 0 Å². The summed E-state index contributed by atoms with van der Waals surface area (Å²) in [6.07, 6.45) is 1.66. The Kier molecular flexibility index (Phi) is 2.48. The molecule has 94 valence electrons. The van der Waals surface area contributed by atoms with E-state index in [-0.39, 0.29) is 17.4 Å². The number of hydrogen-bond donors (Lipinski definition) is 0. The van der Waals surface area contributed by atoms with Gasteiger partial charge in [-0.05, 0) is 25.0 Å². The summed E-state index contributed by atoms with van der Waals surface area (Å²) in [4.78, 5) is 25.5. The van der Waals surface area contributed by atoms with Crippen LogP contribution in [0.5, 0.6) is 0 Å². The molecule has 18 heavy (non-hydrogen) atoms. The minimum atomic E-state index is -0.178. The van der Waals surface area contributed by atoms with E-state index in [0.717, 1.165) is 19.4 Å². The first-order valence-corrected chi connectivity index (χ1v) is 6.26. The summed E-state index contributed by atoms with van der Waals surface area (Å²) in [5.41, 5.74) is 0.949. The number of nitrogens with zero attached hydrogens (tertiary/aromatic N) is 1. The van der Waals surface area contributed by atoms with E-state index in [9.17, 15) is 9.59 Å². The van der Waals surface area contributed by atoms with E-state index in [1.165, 1.54) is 4.90 Å². The van der Waals surface area contributed by atoms with Gasteiger partial charge in [0.15, 0.2) is 0 Å². The normalized spacial score (nSPS) is 25.5. The van der Waals surface area contributed by atoms with Gasteiger partial charge in [0.25, 0.3) is 11.8 Å². The van der Waals surface area contributed by atoms with Crippen molar-refractivity contribution in [3.05, 3.63) is 35.4 Å². The number of benzene rings is 1. The molecule has 1 fully saturated rings. The van der Waals surface area contributed by atoms with Crippen molar-refractivity contribution in [3.63, 3.8) is 0 Å². The van der Waals surface area contributed by atoms with Crippen LogP contribution in [0, 0.1) is 0 Å². The summed E-state index contributed by atoms with van der Waals surface area (Å²) in [5.74, 6) is -0.356. The summed E-state index contributed by atoms with van der Waals surface area (Å²) in [6.45, 7) is 3.25. The van der Waals surface area contributed by atoms with Crippen LogP contribution in [0.25, 0.3) is 0 Å². The SMILES string of the molecule is CCC1(CCN2C(=O)c3ccccc3C2=O)CO1. The lowest BCUT2D eigenvalue weighted by Gasteiger charge is -2.16. The molecule has 2 heterocycles. The predicted molar refractivity (Wildman–Crippen MR) is 65.4 cm³/mol. The third-order valence-corrected chi connectivity index (χ3v) is 3.87. The molecule has 1 unspecified atom stereocenters. The molecule has 2 aliphatic heterocycles. The molecule has 2 amide bonds. The second-order valence-corrected chi connectivity index (χ2v) is 4.88. The molecule has 0 aliphatic carbocycles. The number of epoxide rings is 1. The Balaban J connectivity index is 1.76. The lowest BCUT2D eigenvalue weighted by Crippen LogP contribution is -2.33. The standard InChI is InChI=1S/C14H15NO3/c1-2-14(9-18-14)7-8-15-12(16)10-5-3-4-6-11(10)13(15)17/h3-6H,2,7-9H2,1H3. The van der Waals surface area contributed by atoms with Crippen molar-refractivity contribution in [1.82, 2.24) is 4.90 Å². The van der Waals surface area contributed by atoms with Crippen molar-refractivity contribution in [2.75, 3.05) is 13.2 Å². The second kappa shape index (κ2) is 3.92. The number of imide groups is 1. The highest BCUT2D eigenvalue weighted by Gasteiger charge is 2.44. The first-order valence-electron chi connectivity index (χ1n) is 6.26. The van der Waals surface area contributed by atoms with Crippen LogP contribution >= 0.6 is 0 Å². The van der Waals surface area contributed by atoms with Gasteiger partial charge in [0, 0.05) is 6.54 Å². The molecule has 0 aromatic heterocycles. The van der Waals surface area contributed by atoms with Gasteiger partial charge >= 0.3 is 0 Å². The minimum absolute atomic E-state index is 0.0880. The van der Waals surface area contributed by atoms with Gasteiger partial charge in [-0.2, -0.15) is 0 Å². The Morgan fingerprint density at radius 2 is 1.78 bits per heavy atom. The fourth-order valence-electron chi connectivity index (χ4n) is 2.39. The number of rotatable bonds is 4. The molecule has 0 spiro atoms. The Morgan fingerprint density at radius 1 is 1.22 bits per heavy atom. The van der Waals surface area contributed by atoms with Crippen LogP contribution in [-0.4, -0.2) is 35.5 Å². The number of fused-ring (bicyclic) bond motifs is 1. The van der Waals surface area contributed by atoms with E-state index in [1.54, 1.807) is 24.3 Å². The second-order valence-electron chi connectivity index (χ2n) is 4.88. The van der Waals surface area contributed by atoms with E-state index in [2.05, 4.69) is 6.92 Å². The highest BCUT2D eigenvalue weighted by Crippen LogP contribution is 2.35. The zero-order chi connectivity index (χ0) is 12.8. The van der Waals surface area contributed by atoms with Crippen LogP contribution in [0.4, 0.5) is 0 Å². The quantitative estimate of drug-likeness (QED) is 0.601. The summed E-state index contributed by atoms with van der Waals surface area (Å²) >= 11 is 0. The summed E-state index contributed by atoms with van der Waals surface area (Å²) in [5, 5.41) is 0. The average Bonchev–Trinajstić information content (AvgIpc) is 3.14. The molecule has 1 aromatic carbocycles. The third kappa shape index (κ3) is 1.64. The lowest BCUT2D eigenvalue weighted by molar-refractivity contribution is 0.0641. The van der Waals surface area contributed by atoms with Crippen LogP contribution in [0.3, 0.4) is 0 Å². The highest BCUT2D eigenvalue weighted by molar-refractivity contribution is 6.21. The van der Waals surface area contributed by atoms with Gasteiger partial charge in [0.05, 0.1) is 23.3 Å². The number of carbonyl (C=O) groups excluding carboxylic acids is 2. The maximum atomic E-state index is 12.1. The van der Waals surface area contributed by atoms with Crippen molar-refractivity contribution in [2.24, 2.45) is 0 Å². The smallest absolute Gasteiger partial charge is 0.261 e. The maximum Gasteiger partial charge on any atom is 0.261 e. The van der Waals surface area contributed by atoms with Gasteiger partial charge in [-0.1, -0.05) is 19.1 Å². The summed E-state index contributed by atoms with van der Waals surface area (Å²) < 4.78 is 5.40. The van der Waals surface area contributed by atoms with Crippen LogP contribution < -0.4 is 0 Å². The average molecular weight is 245 g/mol. The molecule has 1 saturated heterocycles. The third-order valence-electron chi connectivity index (χ3n) is 3.87. The highest BCUT2D eigenvalue weighted by atomic mass is 16.6. The predicted octanol–water partition coefficient (Wildman–Crippen LogP) is 1.85. The first-order chi connectivity index (χ1) is 8.67. The van der Waals surface area contributed by atoms with Crippen molar-refractivity contribution >= 4 is 11.8 Å². The number of ether oxygens (including phenoxy) is 1. The molecule has 1 aromatic rings. The largest absolute Gasteiger partial charge is 0.370 e. The van der Waals surface area contributed by atoms with Crippen molar-refractivity contribution in [1.29, 1.82) is 0 Å².